The van der Waals surface area contributed by atoms with E-state index in [9.17, 15) is 0 Å². The molecule has 11 aromatic carbocycles. The zero-order chi connectivity index (χ0) is 47.3. The van der Waals surface area contributed by atoms with E-state index in [2.05, 4.69) is 280 Å². The average Bonchev–Trinajstić information content (AvgIpc) is 4.00. The van der Waals surface area contributed by atoms with Crippen molar-refractivity contribution in [3.8, 4) is 77.9 Å². The number of anilines is 3. The molecule has 0 fully saturated rings. The Bertz CT molecular complexity index is 3850. The number of hydrogen-bond donors (Lipinski definition) is 0. The smallest absolute Gasteiger partial charge is 0.0726 e. The summed E-state index contributed by atoms with van der Waals surface area (Å²) in [6, 6.07) is 97.4. The third kappa shape index (κ3) is 5.93. The van der Waals surface area contributed by atoms with Crippen LogP contribution < -0.4 is 4.90 Å². The van der Waals surface area contributed by atoms with Gasteiger partial charge in [-0.15, -0.1) is 0 Å². The summed E-state index contributed by atoms with van der Waals surface area (Å²) in [4.78, 5) is 2.57. The molecular weight excluding hydrogens is 855 g/mol. The molecule has 14 rings (SSSR count). The van der Waals surface area contributed by atoms with Crippen LogP contribution in [0.4, 0.5) is 17.1 Å². The minimum Gasteiger partial charge on any atom is -0.309 e. The Morgan fingerprint density at radius 3 is 1.24 bits per heavy atom. The van der Waals surface area contributed by atoms with E-state index >= 15 is 0 Å². The Morgan fingerprint density at radius 2 is 0.620 bits per heavy atom. The largest absolute Gasteiger partial charge is 0.309 e. The minimum atomic E-state index is -0.489. The van der Waals surface area contributed by atoms with Gasteiger partial charge in [-0.2, -0.15) is 0 Å². The van der Waals surface area contributed by atoms with Crippen molar-refractivity contribution in [2.45, 2.75) is 24.7 Å². The number of rotatable bonds is 7. The van der Waals surface area contributed by atoms with Crippen LogP contribution in [0.15, 0.2) is 261 Å². The second-order valence-corrected chi connectivity index (χ2v) is 19.8. The molecule has 0 saturated heterocycles. The number of fused-ring (bicyclic) bond motifs is 13. The summed E-state index contributed by atoms with van der Waals surface area (Å²) in [5.74, 6) is 0. The van der Waals surface area contributed by atoms with Crippen molar-refractivity contribution in [3.63, 3.8) is 0 Å². The maximum atomic E-state index is 2.57. The molecular formula is C70H49N. The fraction of sp³-hybridized carbons (Fsp3) is 0.0571. The molecule has 0 atom stereocenters. The van der Waals surface area contributed by atoms with E-state index in [-0.39, 0.29) is 5.41 Å². The van der Waals surface area contributed by atoms with Gasteiger partial charge in [0.25, 0.3) is 0 Å². The molecule has 1 spiro atoms. The van der Waals surface area contributed by atoms with E-state index in [4.69, 9.17) is 0 Å². The maximum absolute atomic E-state index is 2.57. The third-order valence-electron chi connectivity index (χ3n) is 15.9. The summed E-state index contributed by atoms with van der Waals surface area (Å²) in [5, 5.41) is 0. The van der Waals surface area contributed by atoms with Gasteiger partial charge in [0, 0.05) is 22.2 Å². The van der Waals surface area contributed by atoms with Crippen molar-refractivity contribution in [3.05, 3.63) is 294 Å². The molecule has 0 radical (unpaired) electrons. The molecule has 0 saturated carbocycles. The molecule has 71 heavy (non-hydrogen) atoms. The molecule has 3 aliphatic rings. The molecule has 1 heteroatoms. The van der Waals surface area contributed by atoms with Gasteiger partial charge < -0.3 is 4.90 Å². The number of hydrogen-bond acceptors (Lipinski definition) is 1. The lowest BCUT2D eigenvalue weighted by atomic mass is 9.70. The van der Waals surface area contributed by atoms with Gasteiger partial charge in [0.2, 0.25) is 0 Å². The lowest BCUT2D eigenvalue weighted by molar-refractivity contribution is 0.660. The van der Waals surface area contributed by atoms with Crippen molar-refractivity contribution in [1.29, 1.82) is 0 Å². The standard InChI is InChI=1S/C70H49N/c1-69(2)58-34-15-13-30-56(58)66-51(32-19-38-62(66)69)48-42-44-49(45-43-48)71(64-40-20-33-52(47-24-7-4-8-25-47)67(64)55-29-10-9-26-50(55)46-22-5-3-6-23-46)65-41-21-39-63-68(65)57-31-14-18-37-61(57)70(63)59-35-16-11-27-53(59)54-28-12-17-36-60(54)70/h3-45H,1-2H3. The first-order chi connectivity index (χ1) is 35.0. The van der Waals surface area contributed by atoms with Crippen molar-refractivity contribution in [2.24, 2.45) is 0 Å². The van der Waals surface area contributed by atoms with Crippen LogP contribution in [-0.4, -0.2) is 0 Å². The molecule has 0 unspecified atom stereocenters. The Balaban J connectivity index is 1.06. The summed E-state index contributed by atoms with van der Waals surface area (Å²) < 4.78 is 0. The van der Waals surface area contributed by atoms with E-state index in [1.54, 1.807) is 0 Å². The van der Waals surface area contributed by atoms with Gasteiger partial charge in [-0.05, 0) is 124 Å². The molecule has 1 nitrogen and oxygen atoms in total. The van der Waals surface area contributed by atoms with Crippen LogP contribution in [0, 0.1) is 0 Å². The topological polar surface area (TPSA) is 3.24 Å². The molecule has 11 aromatic rings. The first kappa shape index (κ1) is 41.2. The second-order valence-electron chi connectivity index (χ2n) is 19.8. The monoisotopic (exact) mass is 903 g/mol. The van der Waals surface area contributed by atoms with E-state index in [0.717, 1.165) is 17.1 Å². The molecule has 0 aliphatic heterocycles. The Hall–Kier alpha value is -8.78. The van der Waals surface area contributed by atoms with E-state index in [0.29, 0.717) is 0 Å². The lowest BCUT2D eigenvalue weighted by Gasteiger charge is -2.33. The van der Waals surface area contributed by atoms with Gasteiger partial charge >= 0.3 is 0 Å². The van der Waals surface area contributed by atoms with Crippen molar-refractivity contribution in [1.82, 2.24) is 0 Å². The predicted octanol–water partition coefficient (Wildman–Crippen LogP) is 18.5. The Kier molecular flexibility index (Phi) is 9.22. The van der Waals surface area contributed by atoms with Crippen LogP contribution in [0.25, 0.3) is 77.9 Å². The second kappa shape index (κ2) is 15.9. The van der Waals surface area contributed by atoms with E-state index in [1.807, 2.05) is 0 Å². The third-order valence-corrected chi connectivity index (χ3v) is 15.9. The molecule has 0 heterocycles. The van der Waals surface area contributed by atoms with Crippen LogP contribution in [0.5, 0.6) is 0 Å². The SMILES string of the molecule is CC1(C)c2ccccc2-c2c(-c3ccc(N(c4cccc(-c5ccccc5)c4-c4ccccc4-c4ccccc4)c4cccc5c4-c4ccccc4C54c5ccccc5-c5ccccc54)cc3)cccc21. The van der Waals surface area contributed by atoms with Gasteiger partial charge in [0.15, 0.2) is 0 Å². The Labute approximate surface area is 416 Å². The first-order valence-electron chi connectivity index (χ1n) is 24.9. The van der Waals surface area contributed by atoms with Crippen LogP contribution in [0.3, 0.4) is 0 Å². The lowest BCUT2D eigenvalue weighted by Crippen LogP contribution is -2.26. The summed E-state index contributed by atoms with van der Waals surface area (Å²) >= 11 is 0. The highest BCUT2D eigenvalue weighted by Gasteiger charge is 2.52. The quantitative estimate of drug-likeness (QED) is 0.154. The summed E-state index contributed by atoms with van der Waals surface area (Å²) in [5.41, 5.74) is 28.2. The average molecular weight is 904 g/mol. The molecule has 0 N–H and O–H groups in total. The van der Waals surface area contributed by atoms with Crippen LogP contribution in [0.1, 0.15) is 47.2 Å². The van der Waals surface area contributed by atoms with E-state index in [1.165, 1.54) is 111 Å². The summed E-state index contributed by atoms with van der Waals surface area (Å²) in [6.45, 7) is 4.73. The summed E-state index contributed by atoms with van der Waals surface area (Å²) in [7, 11) is 0. The minimum absolute atomic E-state index is 0.0867. The first-order valence-corrected chi connectivity index (χ1v) is 24.9. The highest BCUT2D eigenvalue weighted by molar-refractivity contribution is 6.06. The van der Waals surface area contributed by atoms with Gasteiger partial charge in [0.1, 0.15) is 0 Å². The van der Waals surface area contributed by atoms with Gasteiger partial charge in [-0.3, -0.25) is 0 Å². The highest BCUT2D eigenvalue weighted by atomic mass is 15.1. The van der Waals surface area contributed by atoms with Crippen molar-refractivity contribution < 1.29 is 0 Å². The van der Waals surface area contributed by atoms with Gasteiger partial charge in [0.05, 0.1) is 16.8 Å². The number of benzene rings is 11. The zero-order valence-corrected chi connectivity index (χ0v) is 39.8. The molecule has 0 bridgehead atoms. The maximum Gasteiger partial charge on any atom is 0.0726 e. The predicted molar refractivity (Wildman–Crippen MR) is 297 cm³/mol. The van der Waals surface area contributed by atoms with Crippen LogP contribution >= 0.6 is 0 Å². The molecule has 0 aromatic heterocycles. The number of nitrogens with zero attached hydrogens (tertiary/aromatic N) is 1. The Morgan fingerprint density at radius 1 is 0.239 bits per heavy atom. The van der Waals surface area contributed by atoms with Crippen LogP contribution in [0.2, 0.25) is 0 Å². The normalized spacial score (nSPS) is 13.7. The molecule has 0 amide bonds. The van der Waals surface area contributed by atoms with Crippen molar-refractivity contribution in [2.75, 3.05) is 4.90 Å². The van der Waals surface area contributed by atoms with Gasteiger partial charge in [-0.25, -0.2) is 0 Å². The molecule has 334 valence electrons. The zero-order valence-electron chi connectivity index (χ0n) is 39.8. The van der Waals surface area contributed by atoms with Crippen LogP contribution in [-0.2, 0) is 10.8 Å². The van der Waals surface area contributed by atoms with Gasteiger partial charge in [-0.1, -0.05) is 250 Å². The van der Waals surface area contributed by atoms with E-state index < -0.39 is 5.41 Å². The fourth-order valence-electron chi connectivity index (χ4n) is 12.9. The summed E-state index contributed by atoms with van der Waals surface area (Å²) in [6.07, 6.45) is 0. The molecule has 3 aliphatic carbocycles. The van der Waals surface area contributed by atoms with Crippen molar-refractivity contribution >= 4 is 17.1 Å². The fourth-order valence-corrected chi connectivity index (χ4v) is 12.9. The highest BCUT2D eigenvalue weighted by Crippen LogP contribution is 2.65.